The van der Waals surface area contributed by atoms with E-state index >= 15 is 0 Å². The topological polar surface area (TPSA) is 94.5 Å². The molecule has 8 heteroatoms. The maximum absolute atomic E-state index is 13.0. The van der Waals surface area contributed by atoms with Crippen LogP contribution in [-0.4, -0.2) is 41.2 Å². The van der Waals surface area contributed by atoms with E-state index in [9.17, 15) is 9.59 Å². The third-order valence-corrected chi connectivity index (χ3v) is 6.74. The van der Waals surface area contributed by atoms with Crippen molar-refractivity contribution in [1.82, 2.24) is 9.55 Å². The van der Waals surface area contributed by atoms with Crippen molar-refractivity contribution in [3.63, 3.8) is 0 Å². The average molecular weight is 479 g/mol. The van der Waals surface area contributed by atoms with Crippen LogP contribution in [-0.2, 0) is 27.4 Å². The number of aryl methyl sites for hydroxylation is 1. The van der Waals surface area contributed by atoms with E-state index in [1.165, 1.54) is 18.2 Å². The molecule has 1 amide bonds. The Kier molecular flexibility index (Phi) is 7.70. The Labute approximate surface area is 206 Å². The Bertz CT molecular complexity index is 1210. The van der Waals surface area contributed by atoms with E-state index < -0.39 is 5.97 Å². The van der Waals surface area contributed by atoms with Gasteiger partial charge in [-0.2, -0.15) is 0 Å². The summed E-state index contributed by atoms with van der Waals surface area (Å²) in [4.78, 5) is 30.6. The number of anilines is 2. The first-order chi connectivity index (χ1) is 16.9. The van der Waals surface area contributed by atoms with Gasteiger partial charge in [0.15, 0.2) is 5.69 Å². The van der Waals surface area contributed by atoms with E-state index in [1.807, 2.05) is 36.6 Å². The van der Waals surface area contributed by atoms with Gasteiger partial charge >= 0.3 is 5.97 Å². The number of benzene rings is 1. The second kappa shape index (κ2) is 10.9. The lowest BCUT2D eigenvalue weighted by molar-refractivity contribution is -0.119. The number of hydrogen-bond donors (Lipinski definition) is 2. The number of carbonyl (C=O) groups excluding carboxylic acids is 2. The molecule has 0 bridgehead atoms. The maximum atomic E-state index is 13.0. The number of methoxy groups -OCH3 is 1. The Morgan fingerprint density at radius 3 is 2.80 bits per heavy atom. The third-order valence-electron chi connectivity index (χ3n) is 6.74. The van der Waals surface area contributed by atoms with Crippen molar-refractivity contribution >= 4 is 34.3 Å². The summed E-state index contributed by atoms with van der Waals surface area (Å²) >= 11 is 0. The number of hydrogen-bond acceptors (Lipinski definition) is 6. The van der Waals surface area contributed by atoms with Crippen LogP contribution in [0.1, 0.15) is 54.7 Å². The number of esters is 1. The van der Waals surface area contributed by atoms with Crippen LogP contribution in [0.5, 0.6) is 0 Å². The summed E-state index contributed by atoms with van der Waals surface area (Å²) in [5, 5.41) is 7.12. The molecule has 2 atom stereocenters. The highest BCUT2D eigenvalue weighted by atomic mass is 16.5. The summed E-state index contributed by atoms with van der Waals surface area (Å²) in [5.41, 5.74) is 4.52. The molecule has 1 aliphatic rings. The van der Waals surface area contributed by atoms with Crippen molar-refractivity contribution in [1.29, 1.82) is 0 Å². The smallest absolute Gasteiger partial charge is 0.356 e. The average Bonchev–Trinajstić information content (AvgIpc) is 3.49. The lowest BCUT2D eigenvalue weighted by Gasteiger charge is -2.15. The highest BCUT2D eigenvalue weighted by Crippen LogP contribution is 2.34. The van der Waals surface area contributed by atoms with Crippen molar-refractivity contribution < 1.29 is 19.1 Å². The fraction of sp³-hybridized carbons (Fsp3) is 0.444. The number of aromatic nitrogens is 2. The Balaban J connectivity index is 1.78. The molecule has 186 valence electrons. The molecule has 2 aromatic heterocycles. The summed E-state index contributed by atoms with van der Waals surface area (Å²) < 4.78 is 12.8. The zero-order valence-electron chi connectivity index (χ0n) is 20.9. The summed E-state index contributed by atoms with van der Waals surface area (Å²) in [7, 11) is 1.35. The van der Waals surface area contributed by atoms with E-state index in [4.69, 9.17) is 14.5 Å². The molecule has 2 N–H and O–H groups in total. The third kappa shape index (κ3) is 5.32. The van der Waals surface area contributed by atoms with Crippen LogP contribution >= 0.6 is 0 Å². The molecule has 3 aromatic rings. The zero-order valence-corrected chi connectivity index (χ0v) is 20.9. The first-order valence-corrected chi connectivity index (χ1v) is 12.2. The molecule has 0 radical (unpaired) electrons. The Morgan fingerprint density at radius 1 is 1.31 bits per heavy atom. The SMILES string of the molecule is CC[C@@H](C)C(=O)Nc1c(C(=O)OC)n(C[C@H]2CCCO2)c2ncc(NCc3ccccc3C)cc12. The molecule has 8 nitrogen and oxygen atoms in total. The van der Waals surface area contributed by atoms with Gasteiger partial charge in [-0.3, -0.25) is 4.79 Å². The van der Waals surface area contributed by atoms with Crippen LogP contribution < -0.4 is 10.6 Å². The molecule has 1 fully saturated rings. The van der Waals surface area contributed by atoms with Crippen LogP contribution in [0, 0.1) is 12.8 Å². The molecular formula is C27H34N4O4. The fourth-order valence-corrected chi connectivity index (χ4v) is 4.36. The molecule has 0 saturated carbocycles. The molecule has 0 unspecified atom stereocenters. The van der Waals surface area contributed by atoms with Crippen molar-refractivity contribution in [3.05, 3.63) is 53.3 Å². The number of carbonyl (C=O) groups is 2. The van der Waals surface area contributed by atoms with Crippen molar-refractivity contribution in [2.45, 2.75) is 59.2 Å². The van der Waals surface area contributed by atoms with E-state index in [-0.39, 0.29) is 17.9 Å². The molecular weight excluding hydrogens is 444 g/mol. The first-order valence-electron chi connectivity index (χ1n) is 12.2. The van der Waals surface area contributed by atoms with Gasteiger partial charge in [0.05, 0.1) is 37.3 Å². The van der Waals surface area contributed by atoms with E-state index in [2.05, 4.69) is 29.7 Å². The molecule has 4 rings (SSSR count). The number of ether oxygens (including phenoxy) is 2. The number of fused-ring (bicyclic) bond motifs is 1. The Morgan fingerprint density at radius 2 is 2.11 bits per heavy atom. The molecule has 1 aromatic carbocycles. The second-order valence-corrected chi connectivity index (χ2v) is 9.13. The van der Waals surface area contributed by atoms with Crippen LogP contribution in [0.25, 0.3) is 11.0 Å². The lowest BCUT2D eigenvalue weighted by atomic mass is 10.1. The standard InChI is InChI=1S/C27H34N4O4/c1-5-17(2)26(32)30-23-22-13-20(28-14-19-10-7-6-9-18(19)3)15-29-25(22)31(24(23)27(33)34-4)16-21-11-8-12-35-21/h6-7,9-10,13,15,17,21,28H,5,8,11-12,14,16H2,1-4H3,(H,30,32)/t17-,21-/m1/s1. The van der Waals surface area contributed by atoms with Crippen LogP contribution in [0.4, 0.5) is 11.4 Å². The first kappa shape index (κ1) is 24.7. The van der Waals surface area contributed by atoms with Gasteiger partial charge in [0.2, 0.25) is 5.91 Å². The predicted octanol–water partition coefficient (Wildman–Crippen LogP) is 4.91. The lowest BCUT2D eigenvalue weighted by Crippen LogP contribution is -2.23. The van der Waals surface area contributed by atoms with Gasteiger partial charge in [0, 0.05) is 24.5 Å². The molecule has 0 spiro atoms. The molecule has 3 heterocycles. The van der Waals surface area contributed by atoms with Gasteiger partial charge in [0.1, 0.15) is 5.65 Å². The van der Waals surface area contributed by atoms with Gasteiger partial charge in [0.25, 0.3) is 0 Å². The summed E-state index contributed by atoms with van der Waals surface area (Å²) in [6, 6.07) is 10.1. The van der Waals surface area contributed by atoms with Crippen molar-refractivity contribution in [3.8, 4) is 0 Å². The predicted molar refractivity (Wildman–Crippen MR) is 137 cm³/mol. The van der Waals surface area contributed by atoms with Crippen LogP contribution in [0.3, 0.4) is 0 Å². The van der Waals surface area contributed by atoms with E-state index in [0.717, 1.165) is 18.5 Å². The van der Waals surface area contributed by atoms with Gasteiger partial charge in [-0.15, -0.1) is 0 Å². The van der Waals surface area contributed by atoms with Gasteiger partial charge in [-0.25, -0.2) is 9.78 Å². The normalized spacial score (nSPS) is 16.3. The summed E-state index contributed by atoms with van der Waals surface area (Å²) in [6.45, 7) is 7.70. The van der Waals surface area contributed by atoms with Crippen molar-refractivity contribution in [2.75, 3.05) is 24.4 Å². The van der Waals surface area contributed by atoms with Crippen molar-refractivity contribution in [2.24, 2.45) is 5.92 Å². The van der Waals surface area contributed by atoms with E-state index in [1.54, 1.807) is 6.20 Å². The summed E-state index contributed by atoms with van der Waals surface area (Å²) in [6.07, 6.45) is 4.32. The van der Waals surface area contributed by atoms with Gasteiger partial charge in [-0.05, 0) is 43.4 Å². The van der Waals surface area contributed by atoms with Gasteiger partial charge in [-0.1, -0.05) is 38.1 Å². The van der Waals surface area contributed by atoms with Crippen LogP contribution in [0.15, 0.2) is 36.5 Å². The molecule has 1 aliphatic heterocycles. The highest BCUT2D eigenvalue weighted by Gasteiger charge is 2.29. The van der Waals surface area contributed by atoms with Crippen LogP contribution in [0.2, 0.25) is 0 Å². The number of nitrogens with one attached hydrogen (secondary N) is 2. The zero-order chi connectivity index (χ0) is 24.9. The minimum atomic E-state index is -0.519. The highest BCUT2D eigenvalue weighted by molar-refractivity contribution is 6.11. The molecule has 1 saturated heterocycles. The largest absolute Gasteiger partial charge is 0.464 e. The Hall–Kier alpha value is -3.39. The second-order valence-electron chi connectivity index (χ2n) is 9.13. The summed E-state index contributed by atoms with van der Waals surface area (Å²) in [5.74, 6) is -0.866. The number of amides is 1. The minimum absolute atomic E-state index is 0.0206. The maximum Gasteiger partial charge on any atom is 0.356 e. The fourth-order valence-electron chi connectivity index (χ4n) is 4.36. The number of rotatable bonds is 9. The number of nitrogens with zero attached hydrogens (tertiary/aromatic N) is 2. The quantitative estimate of drug-likeness (QED) is 0.425. The van der Waals surface area contributed by atoms with E-state index in [0.29, 0.717) is 48.5 Å². The molecule has 0 aliphatic carbocycles. The monoisotopic (exact) mass is 478 g/mol. The van der Waals surface area contributed by atoms with Gasteiger partial charge < -0.3 is 24.7 Å². The molecule has 35 heavy (non-hydrogen) atoms. The minimum Gasteiger partial charge on any atom is -0.464 e. The number of pyridine rings is 1.